The zero-order valence-electron chi connectivity index (χ0n) is 14.1. The molecule has 0 spiro atoms. The molecular weight excluding hydrogens is 264 g/mol. The van der Waals surface area contributed by atoms with Crippen LogP contribution in [-0.4, -0.2) is 67.8 Å². The van der Waals surface area contributed by atoms with Crippen LogP contribution in [0.4, 0.5) is 0 Å². The van der Waals surface area contributed by atoms with Crippen LogP contribution in [0.15, 0.2) is 0 Å². The summed E-state index contributed by atoms with van der Waals surface area (Å²) in [6.07, 6.45) is 6.67. The third kappa shape index (κ3) is 3.98. The van der Waals surface area contributed by atoms with Crippen molar-refractivity contribution < 1.29 is 14.0 Å². The lowest BCUT2D eigenvalue weighted by atomic mass is 9.82. The van der Waals surface area contributed by atoms with Gasteiger partial charge in [0.25, 0.3) is 0 Å². The molecule has 4 heteroatoms. The number of hydrogen-bond acceptors (Lipinski definition) is 2. The van der Waals surface area contributed by atoms with Crippen LogP contribution in [-0.2, 0) is 9.53 Å². The molecule has 2 aliphatic rings. The zero-order chi connectivity index (χ0) is 15.3. The lowest BCUT2D eigenvalue weighted by molar-refractivity contribution is -0.947. The van der Waals surface area contributed by atoms with E-state index in [1.807, 2.05) is 18.7 Å². The highest BCUT2D eigenvalue weighted by Gasteiger charge is 2.43. The normalized spacial score (nSPS) is 32.5. The number of nitrogens with zero attached hydrogens (tertiary/aromatic N) is 2. The number of carbonyl (C=O) groups excluding carboxylic acids is 1. The summed E-state index contributed by atoms with van der Waals surface area (Å²) in [4.78, 5) is 13.8. The second kappa shape index (κ2) is 7.59. The van der Waals surface area contributed by atoms with E-state index in [1.54, 1.807) is 0 Å². The first-order valence-corrected chi connectivity index (χ1v) is 8.80. The van der Waals surface area contributed by atoms with Crippen molar-refractivity contribution >= 4 is 5.91 Å². The van der Waals surface area contributed by atoms with Gasteiger partial charge in [-0.05, 0) is 39.5 Å². The standard InChI is InChI=1S/C17H33N2O2/c1-4-18(5-2)17(20)14-21-13-15-9-8-12-19(3)11-7-6-10-16(15)19/h15-16H,4-14H2,1-3H3/q+1/t15-,16+,19+/m0/s1. The maximum Gasteiger partial charge on any atom is 0.248 e. The Labute approximate surface area is 130 Å². The summed E-state index contributed by atoms with van der Waals surface area (Å²) < 4.78 is 7.06. The fourth-order valence-electron chi connectivity index (χ4n) is 4.39. The van der Waals surface area contributed by atoms with E-state index in [2.05, 4.69) is 7.05 Å². The number of likely N-dealkylation sites (N-methyl/N-ethyl adjacent to an activating group) is 1. The number of amides is 1. The molecular formula is C17H33N2O2+. The molecule has 2 aliphatic heterocycles. The van der Waals surface area contributed by atoms with Crippen LogP contribution in [0.2, 0.25) is 0 Å². The average molecular weight is 297 g/mol. The van der Waals surface area contributed by atoms with Gasteiger partial charge in [0.15, 0.2) is 0 Å². The second-order valence-electron chi connectivity index (χ2n) is 6.97. The van der Waals surface area contributed by atoms with Gasteiger partial charge in [-0.3, -0.25) is 4.79 Å². The van der Waals surface area contributed by atoms with Crippen molar-refractivity contribution in [1.82, 2.24) is 4.90 Å². The van der Waals surface area contributed by atoms with Gasteiger partial charge >= 0.3 is 0 Å². The molecule has 2 saturated heterocycles. The fraction of sp³-hybridized carbons (Fsp3) is 0.941. The molecule has 0 unspecified atom stereocenters. The Kier molecular flexibility index (Phi) is 6.06. The topological polar surface area (TPSA) is 29.5 Å². The first kappa shape index (κ1) is 16.8. The SMILES string of the molecule is CCN(CC)C(=O)COC[C@@H]1CCC[N@@+]2(C)CCCC[C@H]12. The molecule has 0 radical (unpaired) electrons. The third-order valence-corrected chi connectivity index (χ3v) is 5.68. The third-order valence-electron chi connectivity index (χ3n) is 5.68. The van der Waals surface area contributed by atoms with E-state index in [4.69, 9.17) is 4.74 Å². The summed E-state index contributed by atoms with van der Waals surface area (Å²) >= 11 is 0. The molecule has 4 nitrogen and oxygen atoms in total. The summed E-state index contributed by atoms with van der Waals surface area (Å²) in [5.41, 5.74) is 0. The number of quaternary nitrogens is 1. The van der Waals surface area contributed by atoms with Crippen LogP contribution in [0, 0.1) is 5.92 Å². The van der Waals surface area contributed by atoms with Crippen molar-refractivity contribution in [1.29, 1.82) is 0 Å². The number of ether oxygens (including phenoxy) is 1. The Balaban J connectivity index is 1.81. The van der Waals surface area contributed by atoms with Crippen molar-refractivity contribution in [3.63, 3.8) is 0 Å². The smallest absolute Gasteiger partial charge is 0.248 e. The minimum Gasteiger partial charge on any atom is -0.371 e. The van der Waals surface area contributed by atoms with Crippen LogP contribution in [0.1, 0.15) is 46.0 Å². The number of rotatable bonds is 6. The van der Waals surface area contributed by atoms with Crippen LogP contribution in [0.25, 0.3) is 0 Å². The van der Waals surface area contributed by atoms with Gasteiger partial charge in [-0.15, -0.1) is 0 Å². The second-order valence-corrected chi connectivity index (χ2v) is 6.97. The highest BCUT2D eigenvalue weighted by Crippen LogP contribution is 2.36. The molecule has 122 valence electrons. The number of carbonyl (C=O) groups is 1. The molecule has 0 N–H and O–H groups in total. The Morgan fingerprint density at radius 3 is 2.57 bits per heavy atom. The van der Waals surface area contributed by atoms with Crippen LogP contribution < -0.4 is 0 Å². The first-order chi connectivity index (χ1) is 10.1. The van der Waals surface area contributed by atoms with Crippen molar-refractivity contribution in [2.45, 2.75) is 52.0 Å². The molecule has 0 saturated carbocycles. The number of piperidine rings is 2. The highest BCUT2D eigenvalue weighted by molar-refractivity contribution is 5.77. The predicted octanol–water partition coefficient (Wildman–Crippen LogP) is 2.28. The van der Waals surface area contributed by atoms with Gasteiger partial charge in [0.1, 0.15) is 6.61 Å². The van der Waals surface area contributed by atoms with E-state index in [0.717, 1.165) is 25.7 Å². The predicted molar refractivity (Wildman–Crippen MR) is 85.0 cm³/mol. The van der Waals surface area contributed by atoms with Crippen molar-refractivity contribution in [2.75, 3.05) is 46.4 Å². The lowest BCUT2D eigenvalue weighted by Crippen LogP contribution is -2.61. The van der Waals surface area contributed by atoms with Gasteiger partial charge in [0, 0.05) is 25.4 Å². The molecule has 0 aliphatic carbocycles. The molecule has 1 amide bonds. The summed E-state index contributed by atoms with van der Waals surface area (Å²) in [6, 6.07) is 0.760. The van der Waals surface area contributed by atoms with Crippen molar-refractivity contribution in [3.8, 4) is 0 Å². The van der Waals surface area contributed by atoms with E-state index in [1.165, 1.54) is 49.7 Å². The zero-order valence-corrected chi connectivity index (χ0v) is 14.1. The van der Waals surface area contributed by atoms with E-state index < -0.39 is 0 Å². The average Bonchev–Trinajstić information content (AvgIpc) is 2.48. The number of hydrogen-bond donors (Lipinski definition) is 0. The quantitative estimate of drug-likeness (QED) is 0.704. The van der Waals surface area contributed by atoms with E-state index in [0.29, 0.717) is 5.92 Å². The minimum atomic E-state index is 0.136. The fourth-order valence-corrected chi connectivity index (χ4v) is 4.39. The van der Waals surface area contributed by atoms with Crippen molar-refractivity contribution in [3.05, 3.63) is 0 Å². The Hall–Kier alpha value is -0.610. The Morgan fingerprint density at radius 1 is 1.14 bits per heavy atom. The van der Waals surface area contributed by atoms with Gasteiger partial charge < -0.3 is 14.1 Å². The Bertz CT molecular complexity index is 340. The van der Waals surface area contributed by atoms with Gasteiger partial charge in [0.2, 0.25) is 5.91 Å². The molecule has 0 bridgehead atoms. The van der Waals surface area contributed by atoms with Gasteiger partial charge in [0.05, 0.1) is 32.8 Å². The summed E-state index contributed by atoms with van der Waals surface area (Å²) in [5.74, 6) is 0.783. The highest BCUT2D eigenvalue weighted by atomic mass is 16.5. The molecule has 2 fully saturated rings. The van der Waals surface area contributed by atoms with Gasteiger partial charge in [-0.1, -0.05) is 0 Å². The molecule has 0 aromatic heterocycles. The molecule has 2 heterocycles. The summed E-state index contributed by atoms with van der Waals surface area (Å²) in [7, 11) is 2.43. The van der Waals surface area contributed by atoms with Crippen LogP contribution in [0.5, 0.6) is 0 Å². The summed E-state index contributed by atoms with van der Waals surface area (Å²) in [5, 5.41) is 0. The van der Waals surface area contributed by atoms with Crippen LogP contribution in [0.3, 0.4) is 0 Å². The van der Waals surface area contributed by atoms with Crippen molar-refractivity contribution in [2.24, 2.45) is 5.92 Å². The molecule has 0 aromatic carbocycles. The maximum absolute atomic E-state index is 12.0. The molecule has 3 atom stereocenters. The monoisotopic (exact) mass is 297 g/mol. The van der Waals surface area contributed by atoms with E-state index in [9.17, 15) is 4.79 Å². The van der Waals surface area contributed by atoms with Gasteiger partial charge in [-0.2, -0.15) is 0 Å². The largest absolute Gasteiger partial charge is 0.371 e. The van der Waals surface area contributed by atoms with Crippen LogP contribution >= 0.6 is 0 Å². The minimum absolute atomic E-state index is 0.136. The van der Waals surface area contributed by atoms with E-state index in [-0.39, 0.29) is 12.5 Å². The maximum atomic E-state index is 12.0. The number of fused-ring (bicyclic) bond motifs is 1. The lowest BCUT2D eigenvalue weighted by Gasteiger charge is -2.51. The Morgan fingerprint density at radius 2 is 1.86 bits per heavy atom. The molecule has 2 rings (SSSR count). The molecule has 21 heavy (non-hydrogen) atoms. The summed E-state index contributed by atoms with van der Waals surface area (Å²) in [6.45, 7) is 9.29. The van der Waals surface area contributed by atoms with Gasteiger partial charge in [-0.25, -0.2) is 0 Å². The molecule has 0 aromatic rings. The van der Waals surface area contributed by atoms with E-state index >= 15 is 0 Å². The first-order valence-electron chi connectivity index (χ1n) is 8.80.